The lowest BCUT2D eigenvalue weighted by molar-refractivity contribution is 0.870. The highest BCUT2D eigenvalue weighted by molar-refractivity contribution is 5.44. The van der Waals surface area contributed by atoms with E-state index in [1.807, 2.05) is 26.0 Å². The van der Waals surface area contributed by atoms with Crippen molar-refractivity contribution in [1.29, 1.82) is 0 Å². The van der Waals surface area contributed by atoms with Crippen LogP contribution < -0.4 is 5.32 Å². The molecule has 1 nitrogen and oxygen atoms in total. The molecule has 0 spiro atoms. The first-order valence-electron chi connectivity index (χ1n) is 5.07. The number of allylic oxidation sites excluding steroid dienone is 6. The summed E-state index contributed by atoms with van der Waals surface area (Å²) in [6, 6.07) is 0. The van der Waals surface area contributed by atoms with Crippen LogP contribution in [0, 0.1) is 0 Å². The van der Waals surface area contributed by atoms with Crippen molar-refractivity contribution in [3.8, 4) is 0 Å². The zero-order valence-corrected chi connectivity index (χ0v) is 9.72. The third kappa shape index (κ3) is 3.65. The van der Waals surface area contributed by atoms with E-state index in [0.717, 1.165) is 12.2 Å². The van der Waals surface area contributed by atoms with Crippen molar-refractivity contribution in [3.05, 3.63) is 47.7 Å². The Morgan fingerprint density at radius 2 is 2.00 bits per heavy atom. The molecular weight excluding hydrogens is 170 g/mol. The molecule has 1 heteroatoms. The van der Waals surface area contributed by atoms with Crippen LogP contribution in [0.2, 0.25) is 0 Å². The quantitative estimate of drug-likeness (QED) is 0.655. The standard InChI is InChI=1S/C13H21N/c1-6-10-13(14-9-4)12(8-3)11(5)7-2/h6-8,10,14H,3,9H2,1-2,4-5H3/b10-6-,11-7-,13-12-. The van der Waals surface area contributed by atoms with Gasteiger partial charge in [-0.1, -0.05) is 24.8 Å². The average Bonchev–Trinajstić information content (AvgIpc) is 2.19. The molecule has 0 aromatic carbocycles. The summed E-state index contributed by atoms with van der Waals surface area (Å²) >= 11 is 0. The van der Waals surface area contributed by atoms with E-state index in [1.54, 1.807) is 0 Å². The summed E-state index contributed by atoms with van der Waals surface area (Å²) < 4.78 is 0. The molecule has 1 N–H and O–H groups in total. The lowest BCUT2D eigenvalue weighted by atomic mass is 10.0. The zero-order chi connectivity index (χ0) is 11.0. The molecule has 0 atom stereocenters. The van der Waals surface area contributed by atoms with E-state index < -0.39 is 0 Å². The summed E-state index contributed by atoms with van der Waals surface area (Å²) in [4.78, 5) is 0. The molecule has 0 aliphatic heterocycles. The summed E-state index contributed by atoms with van der Waals surface area (Å²) in [6.07, 6.45) is 8.10. The summed E-state index contributed by atoms with van der Waals surface area (Å²) in [5.41, 5.74) is 3.56. The first-order valence-corrected chi connectivity index (χ1v) is 5.07. The van der Waals surface area contributed by atoms with Crippen LogP contribution in [0.1, 0.15) is 27.7 Å². The van der Waals surface area contributed by atoms with Crippen molar-refractivity contribution in [1.82, 2.24) is 5.32 Å². The van der Waals surface area contributed by atoms with Crippen LogP contribution in [-0.2, 0) is 0 Å². The fourth-order valence-electron chi connectivity index (χ4n) is 1.24. The van der Waals surface area contributed by atoms with E-state index in [0.29, 0.717) is 0 Å². The van der Waals surface area contributed by atoms with Gasteiger partial charge in [0.2, 0.25) is 0 Å². The molecule has 0 aromatic heterocycles. The van der Waals surface area contributed by atoms with Crippen molar-refractivity contribution in [2.24, 2.45) is 0 Å². The molecule has 0 aromatic rings. The van der Waals surface area contributed by atoms with E-state index in [1.165, 1.54) is 11.1 Å². The van der Waals surface area contributed by atoms with Gasteiger partial charge in [0.05, 0.1) is 0 Å². The molecule has 0 rings (SSSR count). The molecule has 0 bridgehead atoms. The lowest BCUT2D eigenvalue weighted by Crippen LogP contribution is -2.12. The second-order valence-corrected chi connectivity index (χ2v) is 3.03. The minimum atomic E-state index is 0.925. The van der Waals surface area contributed by atoms with Crippen LogP contribution in [0.5, 0.6) is 0 Å². The van der Waals surface area contributed by atoms with Gasteiger partial charge in [-0.25, -0.2) is 0 Å². The maximum absolute atomic E-state index is 3.84. The Kier molecular flexibility index (Phi) is 6.55. The van der Waals surface area contributed by atoms with Gasteiger partial charge < -0.3 is 5.32 Å². The van der Waals surface area contributed by atoms with Gasteiger partial charge in [0.25, 0.3) is 0 Å². The van der Waals surface area contributed by atoms with Gasteiger partial charge in [-0.15, -0.1) is 0 Å². The average molecular weight is 191 g/mol. The fraction of sp³-hybridized carbons (Fsp3) is 0.385. The van der Waals surface area contributed by atoms with Gasteiger partial charge in [0.1, 0.15) is 0 Å². The maximum Gasteiger partial charge on any atom is 0.0412 e. The van der Waals surface area contributed by atoms with Crippen molar-refractivity contribution in [2.45, 2.75) is 27.7 Å². The third-order valence-electron chi connectivity index (χ3n) is 2.05. The highest BCUT2D eigenvalue weighted by atomic mass is 14.9. The minimum Gasteiger partial charge on any atom is -0.385 e. The SMILES string of the molecule is C=CC(/C(C)=C\C)=C(\C=C/C)NCC. The molecule has 0 heterocycles. The van der Waals surface area contributed by atoms with Crippen molar-refractivity contribution in [3.63, 3.8) is 0 Å². The first kappa shape index (κ1) is 12.8. The fourth-order valence-corrected chi connectivity index (χ4v) is 1.24. The lowest BCUT2D eigenvalue weighted by Gasteiger charge is -2.10. The molecule has 0 radical (unpaired) electrons. The molecule has 0 saturated carbocycles. The molecule has 0 amide bonds. The van der Waals surface area contributed by atoms with Gasteiger partial charge in [0, 0.05) is 12.2 Å². The van der Waals surface area contributed by atoms with Crippen LogP contribution in [0.25, 0.3) is 0 Å². The summed E-state index contributed by atoms with van der Waals surface area (Å²) in [5, 5.41) is 3.33. The van der Waals surface area contributed by atoms with Crippen LogP contribution in [0.3, 0.4) is 0 Å². The van der Waals surface area contributed by atoms with Crippen LogP contribution >= 0.6 is 0 Å². The summed E-state index contributed by atoms with van der Waals surface area (Å²) in [5.74, 6) is 0. The number of likely N-dealkylation sites (N-methyl/N-ethyl adjacent to an activating group) is 1. The smallest absolute Gasteiger partial charge is 0.0412 e. The molecule has 0 aliphatic rings. The van der Waals surface area contributed by atoms with E-state index in [9.17, 15) is 0 Å². The van der Waals surface area contributed by atoms with Crippen molar-refractivity contribution in [2.75, 3.05) is 6.54 Å². The van der Waals surface area contributed by atoms with Crippen LogP contribution in [0.15, 0.2) is 47.7 Å². The van der Waals surface area contributed by atoms with E-state index >= 15 is 0 Å². The number of rotatable bonds is 5. The second kappa shape index (κ2) is 7.19. The van der Waals surface area contributed by atoms with E-state index in [2.05, 4.69) is 37.9 Å². The number of hydrogen-bond donors (Lipinski definition) is 1. The first-order chi connectivity index (χ1) is 6.71. The van der Waals surface area contributed by atoms with Crippen LogP contribution in [-0.4, -0.2) is 6.54 Å². The summed E-state index contributed by atoms with van der Waals surface area (Å²) in [6.45, 7) is 13.0. The van der Waals surface area contributed by atoms with E-state index in [4.69, 9.17) is 0 Å². The molecule has 0 aliphatic carbocycles. The monoisotopic (exact) mass is 191 g/mol. The highest BCUT2D eigenvalue weighted by Gasteiger charge is 2.00. The minimum absolute atomic E-state index is 0.925. The maximum atomic E-state index is 3.84. The Bertz CT molecular complexity index is 267. The Morgan fingerprint density at radius 3 is 2.36 bits per heavy atom. The topological polar surface area (TPSA) is 12.0 Å². The Morgan fingerprint density at radius 1 is 1.36 bits per heavy atom. The second-order valence-electron chi connectivity index (χ2n) is 3.03. The number of hydrogen-bond acceptors (Lipinski definition) is 1. The van der Waals surface area contributed by atoms with Gasteiger partial charge >= 0.3 is 0 Å². The predicted octanol–water partition coefficient (Wildman–Crippen LogP) is 3.58. The normalized spacial score (nSPS) is 14.1. The third-order valence-corrected chi connectivity index (χ3v) is 2.05. The molecular formula is C13H21N. The van der Waals surface area contributed by atoms with Gasteiger partial charge in [-0.3, -0.25) is 0 Å². The largest absolute Gasteiger partial charge is 0.385 e. The molecule has 0 unspecified atom stereocenters. The zero-order valence-electron chi connectivity index (χ0n) is 9.72. The Labute approximate surface area is 87.9 Å². The molecule has 14 heavy (non-hydrogen) atoms. The Hall–Kier alpha value is -1.24. The van der Waals surface area contributed by atoms with E-state index in [-0.39, 0.29) is 0 Å². The molecule has 78 valence electrons. The Balaban J connectivity index is 5.17. The van der Waals surface area contributed by atoms with Crippen molar-refractivity contribution >= 4 is 0 Å². The van der Waals surface area contributed by atoms with Crippen LogP contribution in [0.4, 0.5) is 0 Å². The van der Waals surface area contributed by atoms with Gasteiger partial charge in [-0.2, -0.15) is 0 Å². The highest BCUT2D eigenvalue weighted by Crippen LogP contribution is 2.14. The number of nitrogens with one attached hydrogen (secondary N) is 1. The predicted molar refractivity (Wildman–Crippen MR) is 65.1 cm³/mol. The summed E-state index contributed by atoms with van der Waals surface area (Å²) in [7, 11) is 0. The molecule has 0 fully saturated rings. The van der Waals surface area contributed by atoms with Crippen molar-refractivity contribution < 1.29 is 0 Å². The molecule has 0 saturated heterocycles. The van der Waals surface area contributed by atoms with Gasteiger partial charge in [0.15, 0.2) is 0 Å². The van der Waals surface area contributed by atoms with Gasteiger partial charge in [-0.05, 0) is 44.9 Å².